The van der Waals surface area contributed by atoms with E-state index in [-0.39, 0.29) is 0 Å². The molecule has 1 saturated heterocycles. The van der Waals surface area contributed by atoms with Gasteiger partial charge >= 0.3 is 6.54 Å². The van der Waals surface area contributed by atoms with Gasteiger partial charge in [0.2, 0.25) is 0 Å². The van der Waals surface area contributed by atoms with E-state index in [2.05, 4.69) is 0 Å². The summed E-state index contributed by atoms with van der Waals surface area (Å²) < 4.78 is 22.2. The van der Waals surface area contributed by atoms with Gasteiger partial charge in [0, 0.05) is 0 Å². The van der Waals surface area contributed by atoms with Crippen LogP contribution >= 0.6 is 0 Å². The summed E-state index contributed by atoms with van der Waals surface area (Å²) in [5, 5.41) is 0. The minimum absolute atomic E-state index is 0.535. The summed E-state index contributed by atoms with van der Waals surface area (Å²) in [6.45, 7) is 5.68. The summed E-state index contributed by atoms with van der Waals surface area (Å²) in [4.78, 5) is 0. The summed E-state index contributed by atoms with van der Waals surface area (Å²) in [7, 11) is 0. The molecule has 0 aromatic heterocycles. The van der Waals surface area contributed by atoms with Crippen molar-refractivity contribution in [1.82, 2.24) is 0 Å². The molecule has 0 amide bonds. The molecular formula is C7H13FO2. The van der Waals surface area contributed by atoms with Gasteiger partial charge in [0.25, 0.3) is 0 Å². The van der Waals surface area contributed by atoms with Gasteiger partial charge in [-0.1, -0.05) is 0 Å². The highest BCUT2D eigenvalue weighted by atomic mass is 19.2. The maximum atomic E-state index is 12.5. The second-order valence-electron chi connectivity index (χ2n) is 3.53. The third kappa shape index (κ3) is 1.04. The topological polar surface area (TPSA) is 18.5 Å². The molecule has 0 N–H and O–H groups in total. The molecule has 3 heteroatoms. The summed E-state index contributed by atoms with van der Waals surface area (Å²) in [6.07, 6.45) is 0. The van der Waals surface area contributed by atoms with Crippen LogP contribution in [0.1, 0.15) is 27.7 Å². The number of alkyl halides is 1. The zero-order chi connectivity index (χ0) is 7.99. The van der Waals surface area contributed by atoms with Gasteiger partial charge in [-0.2, -0.15) is 4.39 Å². The smallest absolute Gasteiger partial charge is 0.310 e. The van der Waals surface area contributed by atoms with Crippen molar-refractivity contribution in [2.24, 2.45) is 0 Å². The third-order valence-corrected chi connectivity index (χ3v) is 2.22. The van der Waals surface area contributed by atoms with Crippen molar-refractivity contribution in [2.45, 2.75) is 45.4 Å². The summed E-state index contributed by atoms with van der Waals surface area (Å²) in [5.74, 6) is 0. The molecular weight excluding hydrogens is 135 g/mol. The zero-order valence-corrected chi connectivity index (χ0v) is 6.77. The second kappa shape index (κ2) is 1.92. The van der Waals surface area contributed by atoms with Gasteiger partial charge < -0.3 is 9.47 Å². The minimum Gasteiger partial charge on any atom is -0.317 e. The number of ether oxygens (including phenoxy) is 2. The summed E-state index contributed by atoms with van der Waals surface area (Å²) in [6, 6.07) is 0. The predicted molar refractivity (Wildman–Crippen MR) is 35.2 cm³/mol. The van der Waals surface area contributed by atoms with Gasteiger partial charge in [0.1, 0.15) is 0 Å². The Morgan fingerprint density at radius 3 is 1.40 bits per heavy atom. The average molecular weight is 148 g/mol. The van der Waals surface area contributed by atoms with Gasteiger partial charge in [-0.3, -0.25) is 0 Å². The molecule has 0 atom stereocenters. The monoisotopic (exact) mass is 148 g/mol. The van der Waals surface area contributed by atoms with Gasteiger partial charge in [0.15, 0.2) is 0 Å². The molecule has 60 valence electrons. The molecule has 0 aliphatic carbocycles. The predicted octanol–water partition coefficient (Wildman–Crippen LogP) is 1.84. The van der Waals surface area contributed by atoms with Crippen LogP contribution in [0.3, 0.4) is 0 Å². The first kappa shape index (κ1) is 7.95. The lowest BCUT2D eigenvalue weighted by Crippen LogP contribution is -2.41. The maximum absolute atomic E-state index is 12.5. The van der Waals surface area contributed by atoms with E-state index in [1.165, 1.54) is 0 Å². The standard InChI is InChI=1S/C7H13FO2/c1-6(2)7(3,4)10-5(8)9-6/h5H,1-4H3. The molecule has 1 heterocycles. The van der Waals surface area contributed by atoms with E-state index in [4.69, 9.17) is 9.47 Å². The van der Waals surface area contributed by atoms with Crippen LogP contribution in [0.2, 0.25) is 0 Å². The van der Waals surface area contributed by atoms with Crippen LogP contribution in [0.4, 0.5) is 4.39 Å². The van der Waals surface area contributed by atoms with Crippen molar-refractivity contribution in [3.05, 3.63) is 0 Å². The Morgan fingerprint density at radius 2 is 1.30 bits per heavy atom. The summed E-state index contributed by atoms with van der Waals surface area (Å²) in [5.41, 5.74) is -1.07. The van der Waals surface area contributed by atoms with E-state index >= 15 is 0 Å². The quantitative estimate of drug-likeness (QED) is 0.522. The van der Waals surface area contributed by atoms with Crippen molar-refractivity contribution < 1.29 is 13.9 Å². The highest BCUT2D eigenvalue weighted by Crippen LogP contribution is 2.38. The number of halogens is 1. The lowest BCUT2D eigenvalue weighted by Gasteiger charge is -2.29. The fourth-order valence-corrected chi connectivity index (χ4v) is 0.771. The van der Waals surface area contributed by atoms with Crippen LogP contribution < -0.4 is 0 Å². The first-order valence-electron chi connectivity index (χ1n) is 3.35. The third-order valence-electron chi connectivity index (χ3n) is 2.22. The van der Waals surface area contributed by atoms with Crippen LogP contribution in [0.25, 0.3) is 0 Å². The van der Waals surface area contributed by atoms with Crippen molar-refractivity contribution in [1.29, 1.82) is 0 Å². The second-order valence-corrected chi connectivity index (χ2v) is 3.53. The van der Waals surface area contributed by atoms with Crippen LogP contribution in [-0.2, 0) is 9.47 Å². The van der Waals surface area contributed by atoms with Crippen LogP contribution in [-0.4, -0.2) is 17.7 Å². The summed E-state index contributed by atoms with van der Waals surface area (Å²) >= 11 is 0. The molecule has 0 bridgehead atoms. The largest absolute Gasteiger partial charge is 0.317 e. The fourth-order valence-electron chi connectivity index (χ4n) is 0.771. The Morgan fingerprint density at radius 1 is 1.00 bits per heavy atom. The Labute approximate surface area is 60.3 Å². The molecule has 0 radical (unpaired) electrons. The van der Waals surface area contributed by atoms with Gasteiger partial charge in [-0.05, 0) is 27.7 Å². The molecule has 0 aromatic carbocycles. The van der Waals surface area contributed by atoms with Gasteiger partial charge in [-0.25, -0.2) is 0 Å². The molecule has 0 spiro atoms. The zero-order valence-electron chi connectivity index (χ0n) is 6.77. The highest BCUT2D eigenvalue weighted by molar-refractivity contribution is 4.92. The number of hydrogen-bond donors (Lipinski definition) is 0. The Balaban J connectivity index is 2.78. The van der Waals surface area contributed by atoms with Crippen LogP contribution in [0, 0.1) is 0 Å². The van der Waals surface area contributed by atoms with E-state index in [0.717, 1.165) is 0 Å². The molecule has 0 unspecified atom stereocenters. The minimum atomic E-state index is -1.56. The fraction of sp³-hybridized carbons (Fsp3) is 1.00. The molecule has 2 nitrogen and oxygen atoms in total. The van der Waals surface area contributed by atoms with E-state index < -0.39 is 17.7 Å². The van der Waals surface area contributed by atoms with Gasteiger partial charge in [-0.15, -0.1) is 0 Å². The highest BCUT2D eigenvalue weighted by Gasteiger charge is 2.49. The normalized spacial score (nSPS) is 30.9. The van der Waals surface area contributed by atoms with Crippen molar-refractivity contribution in [3.8, 4) is 0 Å². The SMILES string of the molecule is CC1(C)OC(F)OC1(C)C. The lowest BCUT2D eigenvalue weighted by molar-refractivity contribution is -0.172. The number of rotatable bonds is 0. The van der Waals surface area contributed by atoms with Crippen LogP contribution in [0.15, 0.2) is 0 Å². The Bertz CT molecular complexity index is 127. The van der Waals surface area contributed by atoms with Crippen LogP contribution in [0.5, 0.6) is 0 Å². The van der Waals surface area contributed by atoms with E-state index in [1.807, 2.05) is 27.7 Å². The van der Waals surface area contributed by atoms with E-state index in [9.17, 15) is 4.39 Å². The Kier molecular flexibility index (Phi) is 1.53. The molecule has 1 aliphatic rings. The van der Waals surface area contributed by atoms with Crippen molar-refractivity contribution >= 4 is 0 Å². The average Bonchev–Trinajstić information content (AvgIpc) is 1.73. The molecule has 1 rings (SSSR count). The Hall–Kier alpha value is -0.150. The van der Waals surface area contributed by atoms with Crippen molar-refractivity contribution in [3.63, 3.8) is 0 Å². The van der Waals surface area contributed by atoms with Crippen molar-refractivity contribution in [2.75, 3.05) is 0 Å². The van der Waals surface area contributed by atoms with Gasteiger partial charge in [0.05, 0.1) is 11.2 Å². The first-order valence-corrected chi connectivity index (χ1v) is 3.35. The lowest BCUT2D eigenvalue weighted by atomic mass is 9.90. The van der Waals surface area contributed by atoms with E-state index in [1.54, 1.807) is 0 Å². The maximum Gasteiger partial charge on any atom is 0.310 e. The van der Waals surface area contributed by atoms with E-state index in [0.29, 0.717) is 0 Å². The molecule has 0 aromatic rings. The number of hydrogen-bond acceptors (Lipinski definition) is 2. The molecule has 0 saturated carbocycles. The molecule has 1 fully saturated rings. The molecule has 1 aliphatic heterocycles. The first-order chi connectivity index (χ1) is 4.35. The molecule has 10 heavy (non-hydrogen) atoms.